The third kappa shape index (κ3) is 2.37. The summed E-state index contributed by atoms with van der Waals surface area (Å²) in [5.41, 5.74) is -0.545. The lowest BCUT2D eigenvalue weighted by Crippen LogP contribution is -2.02. The van der Waals surface area contributed by atoms with Crippen LogP contribution in [0.2, 0.25) is 0 Å². The van der Waals surface area contributed by atoms with Gasteiger partial charge in [0.1, 0.15) is 34.3 Å². The molecule has 0 spiro atoms. The minimum atomic E-state index is -0.804. The number of hydrogen-bond donors (Lipinski definition) is 5. The van der Waals surface area contributed by atoms with Crippen molar-refractivity contribution in [1.29, 1.82) is 0 Å². The zero-order chi connectivity index (χ0) is 14.2. The monoisotopic (exact) mass is 262 g/mol. The average molecular weight is 262 g/mol. The molecule has 0 unspecified atom stereocenters. The summed E-state index contributed by atoms with van der Waals surface area (Å²) in [4.78, 5) is 12.1. The molecule has 2 aromatic rings. The van der Waals surface area contributed by atoms with E-state index in [4.69, 9.17) is 5.11 Å². The average Bonchev–Trinajstić information content (AvgIpc) is 2.25. The molecule has 0 aliphatic rings. The number of phenols is 5. The summed E-state index contributed by atoms with van der Waals surface area (Å²) in [6.45, 7) is 0. The van der Waals surface area contributed by atoms with Crippen molar-refractivity contribution in [3.05, 3.63) is 41.5 Å². The predicted octanol–water partition coefficient (Wildman–Crippen LogP) is 1.45. The Hall–Kier alpha value is -2.89. The number of ketones is 1. The van der Waals surface area contributed by atoms with Gasteiger partial charge in [-0.15, -0.1) is 0 Å². The zero-order valence-corrected chi connectivity index (χ0v) is 9.53. The fraction of sp³-hybridized carbons (Fsp3) is 0. The van der Waals surface area contributed by atoms with Gasteiger partial charge in [-0.25, -0.2) is 0 Å². The molecule has 0 radical (unpaired) electrons. The van der Waals surface area contributed by atoms with E-state index in [-0.39, 0.29) is 17.1 Å². The maximum Gasteiger partial charge on any atom is 0.200 e. The van der Waals surface area contributed by atoms with Crippen molar-refractivity contribution >= 4 is 5.78 Å². The Morgan fingerprint density at radius 1 is 0.684 bits per heavy atom. The largest absolute Gasteiger partial charge is 0.508 e. The van der Waals surface area contributed by atoms with Crippen molar-refractivity contribution in [3.63, 3.8) is 0 Å². The highest BCUT2D eigenvalue weighted by Crippen LogP contribution is 2.34. The van der Waals surface area contributed by atoms with Crippen molar-refractivity contribution in [2.45, 2.75) is 0 Å². The predicted molar refractivity (Wildman–Crippen MR) is 64.6 cm³/mol. The lowest BCUT2D eigenvalue weighted by atomic mass is 10.0. The molecule has 0 aliphatic heterocycles. The van der Waals surface area contributed by atoms with E-state index >= 15 is 0 Å². The smallest absolute Gasteiger partial charge is 0.200 e. The Bertz CT molecular complexity index is 619. The first-order valence-corrected chi connectivity index (χ1v) is 5.21. The molecule has 0 heterocycles. The van der Waals surface area contributed by atoms with Crippen molar-refractivity contribution < 1.29 is 30.3 Å². The first kappa shape index (κ1) is 12.6. The Labute approximate surface area is 107 Å². The standard InChI is InChI=1S/C13H10O6/c14-7-1-6(2-8(15)3-7)13(19)12-10(17)4-9(16)5-11(12)18/h1-5,14-18H. The summed E-state index contributed by atoms with van der Waals surface area (Å²) in [5, 5.41) is 46.9. The first-order valence-electron chi connectivity index (χ1n) is 5.21. The second kappa shape index (κ2) is 4.41. The molecule has 98 valence electrons. The van der Waals surface area contributed by atoms with Gasteiger partial charge in [0.25, 0.3) is 0 Å². The van der Waals surface area contributed by atoms with E-state index in [0.29, 0.717) is 0 Å². The van der Waals surface area contributed by atoms with E-state index in [0.717, 1.165) is 30.3 Å². The van der Waals surface area contributed by atoms with Crippen LogP contribution in [0.3, 0.4) is 0 Å². The Morgan fingerprint density at radius 2 is 1.11 bits per heavy atom. The second-order valence-electron chi connectivity index (χ2n) is 3.93. The van der Waals surface area contributed by atoms with Crippen molar-refractivity contribution in [2.75, 3.05) is 0 Å². The van der Waals surface area contributed by atoms with Gasteiger partial charge in [-0.1, -0.05) is 0 Å². The molecule has 0 aliphatic carbocycles. The van der Waals surface area contributed by atoms with E-state index in [1.54, 1.807) is 0 Å². The minimum Gasteiger partial charge on any atom is -0.508 e. The molecule has 0 saturated heterocycles. The van der Waals surface area contributed by atoms with E-state index in [2.05, 4.69) is 0 Å². The summed E-state index contributed by atoms with van der Waals surface area (Å²) in [6.07, 6.45) is 0. The van der Waals surface area contributed by atoms with Gasteiger partial charge >= 0.3 is 0 Å². The van der Waals surface area contributed by atoms with Gasteiger partial charge in [0.15, 0.2) is 0 Å². The van der Waals surface area contributed by atoms with Gasteiger partial charge in [-0.2, -0.15) is 0 Å². The molecule has 2 aromatic carbocycles. The fourth-order valence-electron chi connectivity index (χ4n) is 1.70. The van der Waals surface area contributed by atoms with Crippen LogP contribution in [0.4, 0.5) is 0 Å². The highest BCUT2D eigenvalue weighted by atomic mass is 16.3. The van der Waals surface area contributed by atoms with E-state index in [9.17, 15) is 25.2 Å². The number of carbonyl (C=O) groups excluding carboxylic acids is 1. The van der Waals surface area contributed by atoms with Crippen molar-refractivity contribution in [2.24, 2.45) is 0 Å². The van der Waals surface area contributed by atoms with Crippen LogP contribution in [0.15, 0.2) is 30.3 Å². The van der Waals surface area contributed by atoms with Gasteiger partial charge in [0, 0.05) is 23.8 Å². The van der Waals surface area contributed by atoms with E-state index in [1.165, 1.54) is 0 Å². The molecule has 5 N–H and O–H groups in total. The molecular formula is C13H10O6. The highest BCUT2D eigenvalue weighted by Gasteiger charge is 2.20. The summed E-state index contributed by atoms with van der Waals surface area (Å²) < 4.78 is 0. The van der Waals surface area contributed by atoms with Gasteiger partial charge < -0.3 is 25.5 Å². The first-order chi connectivity index (χ1) is 8.88. The summed E-state index contributed by atoms with van der Waals surface area (Å²) >= 11 is 0. The van der Waals surface area contributed by atoms with Crippen LogP contribution < -0.4 is 0 Å². The van der Waals surface area contributed by atoms with Crippen LogP contribution in [0, 0.1) is 0 Å². The van der Waals surface area contributed by atoms with Crippen molar-refractivity contribution in [3.8, 4) is 28.7 Å². The maximum atomic E-state index is 12.1. The molecule has 6 heteroatoms. The van der Waals surface area contributed by atoms with Crippen LogP contribution in [0.1, 0.15) is 15.9 Å². The third-order valence-electron chi connectivity index (χ3n) is 2.47. The number of carbonyl (C=O) groups is 1. The van der Waals surface area contributed by atoms with Gasteiger partial charge in [-0.3, -0.25) is 4.79 Å². The van der Waals surface area contributed by atoms with Gasteiger partial charge in [0.2, 0.25) is 5.78 Å². The van der Waals surface area contributed by atoms with E-state index < -0.39 is 28.6 Å². The molecule has 0 saturated carbocycles. The van der Waals surface area contributed by atoms with Crippen LogP contribution >= 0.6 is 0 Å². The lowest BCUT2D eigenvalue weighted by Gasteiger charge is -2.08. The highest BCUT2D eigenvalue weighted by molar-refractivity contribution is 6.12. The number of rotatable bonds is 2. The molecule has 0 fully saturated rings. The Balaban J connectivity index is 2.56. The summed E-state index contributed by atoms with van der Waals surface area (Å²) in [5.74, 6) is -3.08. The topological polar surface area (TPSA) is 118 Å². The molecule has 19 heavy (non-hydrogen) atoms. The number of benzene rings is 2. The molecular weight excluding hydrogens is 252 g/mol. The Kier molecular flexibility index (Phi) is 2.92. The number of hydrogen-bond acceptors (Lipinski definition) is 6. The quantitative estimate of drug-likeness (QED) is 0.523. The SMILES string of the molecule is O=C(c1cc(O)cc(O)c1)c1c(O)cc(O)cc1O. The second-order valence-corrected chi connectivity index (χ2v) is 3.93. The third-order valence-corrected chi connectivity index (χ3v) is 2.47. The zero-order valence-electron chi connectivity index (χ0n) is 9.53. The van der Waals surface area contributed by atoms with Crippen molar-refractivity contribution in [1.82, 2.24) is 0 Å². The molecule has 0 bridgehead atoms. The molecule has 2 rings (SSSR count). The van der Waals surface area contributed by atoms with E-state index in [1.807, 2.05) is 0 Å². The van der Waals surface area contributed by atoms with Crippen LogP contribution in [-0.2, 0) is 0 Å². The number of aromatic hydroxyl groups is 5. The normalized spacial score (nSPS) is 10.3. The molecule has 0 aromatic heterocycles. The minimum absolute atomic E-state index is 0.117. The van der Waals surface area contributed by atoms with Crippen LogP contribution in [0.5, 0.6) is 28.7 Å². The van der Waals surface area contributed by atoms with Crippen LogP contribution in [0.25, 0.3) is 0 Å². The van der Waals surface area contributed by atoms with Crippen LogP contribution in [-0.4, -0.2) is 31.3 Å². The molecule has 0 atom stereocenters. The maximum absolute atomic E-state index is 12.1. The van der Waals surface area contributed by atoms with Gasteiger partial charge in [0.05, 0.1) is 0 Å². The summed E-state index contributed by atoms with van der Waals surface area (Å²) in [6, 6.07) is 4.99. The van der Waals surface area contributed by atoms with Gasteiger partial charge in [-0.05, 0) is 12.1 Å². The summed E-state index contributed by atoms with van der Waals surface area (Å²) in [7, 11) is 0. The molecule has 0 amide bonds. The lowest BCUT2D eigenvalue weighted by molar-refractivity contribution is 0.103. The number of phenolic OH excluding ortho intramolecular Hbond substituents is 5. The fourth-order valence-corrected chi connectivity index (χ4v) is 1.70. The Morgan fingerprint density at radius 3 is 1.58 bits per heavy atom. The molecule has 6 nitrogen and oxygen atoms in total.